The van der Waals surface area contributed by atoms with Crippen molar-refractivity contribution in [3.05, 3.63) is 34.4 Å². The monoisotopic (exact) mass is 176 g/mol. The smallest absolute Gasteiger partial charge is 0.0700 e. The molecule has 1 nitrogen and oxygen atoms in total. The van der Waals surface area contributed by atoms with E-state index in [0.717, 1.165) is 12.8 Å². The molecule has 1 atom stereocenters. The summed E-state index contributed by atoms with van der Waals surface area (Å²) in [6.07, 6.45) is 1.62. The summed E-state index contributed by atoms with van der Waals surface area (Å²) in [6.45, 7) is 6.16. The fourth-order valence-corrected chi connectivity index (χ4v) is 2.35. The van der Waals surface area contributed by atoms with Gasteiger partial charge in [-0.05, 0) is 37.5 Å². The maximum Gasteiger partial charge on any atom is 0.0700 e. The van der Waals surface area contributed by atoms with Crippen LogP contribution in [0.25, 0.3) is 0 Å². The molecule has 0 saturated carbocycles. The molecular formula is C12H16O. The summed E-state index contributed by atoms with van der Waals surface area (Å²) in [5.74, 6) is 0. The molecule has 1 aliphatic carbocycles. The normalized spacial score (nSPS) is 26.2. The maximum absolute atomic E-state index is 9.93. The van der Waals surface area contributed by atoms with Crippen molar-refractivity contribution < 1.29 is 5.11 Å². The van der Waals surface area contributed by atoms with Crippen molar-refractivity contribution in [2.75, 3.05) is 0 Å². The molecule has 0 spiro atoms. The average molecular weight is 176 g/mol. The van der Waals surface area contributed by atoms with Gasteiger partial charge in [0.2, 0.25) is 0 Å². The highest BCUT2D eigenvalue weighted by Crippen LogP contribution is 2.32. The summed E-state index contributed by atoms with van der Waals surface area (Å²) >= 11 is 0. The Bertz CT molecular complexity index is 350. The molecule has 0 aliphatic heterocycles. The Morgan fingerprint density at radius 1 is 1.23 bits per heavy atom. The predicted octanol–water partition coefficient (Wildman–Crippen LogP) is 2.15. The van der Waals surface area contributed by atoms with Crippen LogP contribution in [0.4, 0.5) is 0 Å². The van der Waals surface area contributed by atoms with Gasteiger partial charge in [-0.15, -0.1) is 0 Å². The zero-order chi connectivity index (χ0) is 9.64. The number of aliphatic hydroxyl groups is 1. The topological polar surface area (TPSA) is 20.2 Å². The molecule has 0 aromatic heterocycles. The van der Waals surface area contributed by atoms with Gasteiger partial charge in [-0.2, -0.15) is 0 Å². The summed E-state index contributed by atoms with van der Waals surface area (Å²) in [7, 11) is 0. The number of hydrogen-bond donors (Lipinski definition) is 1. The lowest BCUT2D eigenvalue weighted by Crippen LogP contribution is -2.23. The van der Waals surface area contributed by atoms with Crippen LogP contribution in [0.15, 0.2) is 12.1 Å². The van der Waals surface area contributed by atoms with Gasteiger partial charge < -0.3 is 5.11 Å². The van der Waals surface area contributed by atoms with E-state index in [-0.39, 0.29) is 0 Å². The van der Waals surface area contributed by atoms with Gasteiger partial charge in [0.25, 0.3) is 0 Å². The quantitative estimate of drug-likeness (QED) is 0.642. The second kappa shape index (κ2) is 2.58. The Morgan fingerprint density at radius 2 is 1.92 bits per heavy atom. The lowest BCUT2D eigenvalue weighted by atomic mass is 10.0. The van der Waals surface area contributed by atoms with Crippen LogP contribution in [0.3, 0.4) is 0 Å². The number of aryl methyl sites for hydroxylation is 2. The molecule has 0 bridgehead atoms. The van der Waals surface area contributed by atoms with Gasteiger partial charge in [0, 0.05) is 12.8 Å². The number of benzene rings is 1. The van der Waals surface area contributed by atoms with E-state index < -0.39 is 5.60 Å². The number of hydrogen-bond acceptors (Lipinski definition) is 1. The Labute approximate surface area is 79.4 Å². The summed E-state index contributed by atoms with van der Waals surface area (Å²) in [5, 5.41) is 9.93. The summed E-state index contributed by atoms with van der Waals surface area (Å²) in [6, 6.07) is 4.39. The van der Waals surface area contributed by atoms with Crippen LogP contribution >= 0.6 is 0 Å². The Kier molecular flexibility index (Phi) is 1.74. The maximum atomic E-state index is 9.93. The minimum absolute atomic E-state index is 0.513. The zero-order valence-corrected chi connectivity index (χ0v) is 8.52. The second-order valence-corrected chi connectivity index (χ2v) is 4.57. The first-order valence-corrected chi connectivity index (χ1v) is 4.79. The standard InChI is InChI=1S/C12H16O/c1-8-4-9(2)11-7-12(3,13)6-10(11)5-8/h4-5,13H,6-7H2,1-3H3. The molecule has 0 fully saturated rings. The third-order valence-corrected chi connectivity index (χ3v) is 2.84. The van der Waals surface area contributed by atoms with Crippen molar-refractivity contribution >= 4 is 0 Å². The van der Waals surface area contributed by atoms with Gasteiger partial charge in [-0.1, -0.05) is 17.7 Å². The number of fused-ring (bicyclic) bond motifs is 1. The molecule has 0 saturated heterocycles. The van der Waals surface area contributed by atoms with E-state index in [4.69, 9.17) is 0 Å². The van der Waals surface area contributed by atoms with Crippen molar-refractivity contribution in [2.24, 2.45) is 0 Å². The van der Waals surface area contributed by atoms with Gasteiger partial charge >= 0.3 is 0 Å². The molecule has 1 aromatic rings. The van der Waals surface area contributed by atoms with E-state index in [0.29, 0.717) is 0 Å². The highest BCUT2D eigenvalue weighted by molar-refractivity contribution is 5.43. The third kappa shape index (κ3) is 1.49. The van der Waals surface area contributed by atoms with Crippen LogP contribution in [0.2, 0.25) is 0 Å². The first-order valence-electron chi connectivity index (χ1n) is 4.79. The molecule has 0 radical (unpaired) electrons. The van der Waals surface area contributed by atoms with Crippen LogP contribution in [0, 0.1) is 13.8 Å². The largest absolute Gasteiger partial charge is 0.389 e. The minimum Gasteiger partial charge on any atom is -0.389 e. The van der Waals surface area contributed by atoms with Gasteiger partial charge in [0.15, 0.2) is 0 Å². The lowest BCUT2D eigenvalue weighted by molar-refractivity contribution is 0.0718. The van der Waals surface area contributed by atoms with Gasteiger partial charge in [-0.3, -0.25) is 0 Å². The van der Waals surface area contributed by atoms with Crippen LogP contribution < -0.4 is 0 Å². The van der Waals surface area contributed by atoms with E-state index in [1.807, 2.05) is 6.92 Å². The van der Waals surface area contributed by atoms with Crippen molar-refractivity contribution in [3.63, 3.8) is 0 Å². The van der Waals surface area contributed by atoms with Crippen LogP contribution in [0.5, 0.6) is 0 Å². The molecule has 70 valence electrons. The van der Waals surface area contributed by atoms with Crippen LogP contribution in [-0.2, 0) is 12.8 Å². The van der Waals surface area contributed by atoms with Gasteiger partial charge in [0.1, 0.15) is 0 Å². The number of rotatable bonds is 0. The average Bonchev–Trinajstić information content (AvgIpc) is 2.23. The van der Waals surface area contributed by atoms with Crippen LogP contribution in [-0.4, -0.2) is 10.7 Å². The highest BCUT2D eigenvalue weighted by Gasteiger charge is 2.31. The van der Waals surface area contributed by atoms with Crippen molar-refractivity contribution in [1.82, 2.24) is 0 Å². The fourth-order valence-electron chi connectivity index (χ4n) is 2.35. The second-order valence-electron chi connectivity index (χ2n) is 4.57. The van der Waals surface area contributed by atoms with Gasteiger partial charge in [0.05, 0.1) is 5.60 Å². The zero-order valence-electron chi connectivity index (χ0n) is 8.52. The summed E-state index contributed by atoms with van der Waals surface area (Å²) in [4.78, 5) is 0. The van der Waals surface area contributed by atoms with E-state index in [1.165, 1.54) is 22.3 Å². The van der Waals surface area contributed by atoms with E-state index in [2.05, 4.69) is 26.0 Å². The van der Waals surface area contributed by atoms with Crippen molar-refractivity contribution in [2.45, 2.75) is 39.2 Å². The molecular weight excluding hydrogens is 160 g/mol. The van der Waals surface area contributed by atoms with E-state index >= 15 is 0 Å². The predicted molar refractivity (Wildman–Crippen MR) is 53.9 cm³/mol. The van der Waals surface area contributed by atoms with Gasteiger partial charge in [-0.25, -0.2) is 0 Å². The highest BCUT2D eigenvalue weighted by atomic mass is 16.3. The summed E-state index contributed by atoms with van der Waals surface area (Å²) < 4.78 is 0. The fraction of sp³-hybridized carbons (Fsp3) is 0.500. The minimum atomic E-state index is -0.513. The molecule has 0 heterocycles. The van der Waals surface area contributed by atoms with E-state index in [9.17, 15) is 5.11 Å². The Morgan fingerprint density at radius 3 is 2.62 bits per heavy atom. The van der Waals surface area contributed by atoms with Crippen molar-refractivity contribution in [1.29, 1.82) is 0 Å². The first-order chi connectivity index (χ1) is 5.98. The molecule has 2 rings (SSSR count). The first kappa shape index (κ1) is 8.76. The molecule has 1 unspecified atom stereocenters. The Balaban J connectivity index is 2.52. The van der Waals surface area contributed by atoms with Crippen LogP contribution in [0.1, 0.15) is 29.2 Å². The molecule has 1 N–H and O–H groups in total. The third-order valence-electron chi connectivity index (χ3n) is 2.84. The molecule has 0 amide bonds. The van der Waals surface area contributed by atoms with Crippen molar-refractivity contribution in [3.8, 4) is 0 Å². The molecule has 1 aliphatic rings. The molecule has 1 heteroatoms. The molecule has 13 heavy (non-hydrogen) atoms. The summed E-state index contributed by atoms with van der Waals surface area (Å²) in [5.41, 5.74) is 4.81. The SMILES string of the molecule is Cc1cc(C)c2c(c1)CC(C)(O)C2. The van der Waals surface area contributed by atoms with E-state index in [1.54, 1.807) is 0 Å². The lowest BCUT2D eigenvalue weighted by Gasteiger charge is -2.13. The molecule has 1 aromatic carbocycles. The Hall–Kier alpha value is -0.820.